The number of carboxylic acid groups (broad SMARTS) is 1. The predicted molar refractivity (Wildman–Crippen MR) is 55.2 cm³/mol. The Labute approximate surface area is 91.4 Å². The van der Waals surface area contributed by atoms with Crippen LogP contribution in [-0.4, -0.2) is 26.8 Å². The van der Waals surface area contributed by atoms with Crippen molar-refractivity contribution in [1.29, 1.82) is 0 Å². The van der Waals surface area contributed by atoms with Gasteiger partial charge in [-0.25, -0.2) is 0 Å². The van der Waals surface area contributed by atoms with Gasteiger partial charge in [-0.05, 0) is 0 Å². The molecule has 1 heterocycles. The second-order valence-electron chi connectivity index (χ2n) is 2.84. The number of pyridine rings is 1. The number of carboxylic acids is 1. The number of aromatic nitrogens is 1. The van der Waals surface area contributed by atoms with Gasteiger partial charge < -0.3 is 20.5 Å². The summed E-state index contributed by atoms with van der Waals surface area (Å²) in [5.41, 5.74) is 4.75. The van der Waals surface area contributed by atoms with Gasteiger partial charge in [-0.2, -0.15) is 0 Å². The van der Waals surface area contributed by atoms with E-state index in [0.717, 1.165) is 12.3 Å². The first-order valence-electron chi connectivity index (χ1n) is 3.88. The summed E-state index contributed by atoms with van der Waals surface area (Å²) in [4.78, 5) is 21.2. The van der Waals surface area contributed by atoms with Crippen molar-refractivity contribution in [1.82, 2.24) is 4.57 Å². The molecule has 0 aliphatic carbocycles. The third kappa shape index (κ3) is 3.61. The summed E-state index contributed by atoms with van der Waals surface area (Å²) < 4.78 is 1.34. The minimum absolute atomic E-state index is 0. The van der Waals surface area contributed by atoms with Crippen LogP contribution in [0.4, 0.5) is 0 Å². The largest absolute Gasteiger partial charge is 0.503 e. The number of nitrogens with zero attached hydrogens (tertiary/aromatic N) is 1. The zero-order valence-electron chi connectivity index (χ0n) is 7.66. The predicted octanol–water partition coefficient (Wildman–Crippen LogP) is -0.612. The van der Waals surface area contributed by atoms with Crippen molar-refractivity contribution >= 4 is 18.4 Å². The van der Waals surface area contributed by atoms with Crippen molar-refractivity contribution in [2.24, 2.45) is 5.73 Å². The minimum atomic E-state index is -1.14. The van der Waals surface area contributed by atoms with Gasteiger partial charge in [0.25, 0.3) is 0 Å². The van der Waals surface area contributed by atoms with Crippen LogP contribution in [0.1, 0.15) is 0 Å². The summed E-state index contributed by atoms with van der Waals surface area (Å²) in [6, 6.07) is 0.0843. The maximum atomic E-state index is 10.8. The first-order valence-corrected chi connectivity index (χ1v) is 3.88. The van der Waals surface area contributed by atoms with E-state index in [9.17, 15) is 9.59 Å². The lowest BCUT2D eigenvalue weighted by atomic mass is 10.3. The van der Waals surface area contributed by atoms with Crippen LogP contribution in [0.15, 0.2) is 23.3 Å². The van der Waals surface area contributed by atoms with Crippen molar-refractivity contribution < 1.29 is 15.0 Å². The van der Waals surface area contributed by atoms with Crippen molar-refractivity contribution in [2.45, 2.75) is 12.6 Å². The number of carbonyl (C=O) groups is 1. The lowest BCUT2D eigenvalue weighted by Gasteiger charge is -2.09. The molecule has 1 aromatic rings. The molecule has 0 aromatic carbocycles. The fourth-order valence-electron chi connectivity index (χ4n) is 0.931. The monoisotopic (exact) mass is 234 g/mol. The molecule has 7 heteroatoms. The molecule has 1 rings (SSSR count). The number of hydrogen-bond acceptors (Lipinski definition) is 4. The molecule has 0 fully saturated rings. The van der Waals surface area contributed by atoms with Gasteiger partial charge in [-0.15, -0.1) is 12.4 Å². The maximum absolute atomic E-state index is 10.8. The highest BCUT2D eigenvalue weighted by Crippen LogP contribution is 1.99. The lowest BCUT2D eigenvalue weighted by molar-refractivity contribution is -0.138. The van der Waals surface area contributed by atoms with E-state index in [2.05, 4.69) is 0 Å². The first kappa shape index (κ1) is 13.5. The molecule has 6 nitrogen and oxygen atoms in total. The molecule has 0 spiro atoms. The van der Waals surface area contributed by atoms with Crippen LogP contribution in [0, 0.1) is 0 Å². The Bertz CT molecular complexity index is 404. The van der Waals surface area contributed by atoms with E-state index in [4.69, 9.17) is 15.9 Å². The van der Waals surface area contributed by atoms with E-state index in [1.165, 1.54) is 10.8 Å². The molecular weight excluding hydrogens is 224 g/mol. The summed E-state index contributed by atoms with van der Waals surface area (Å²) >= 11 is 0. The molecule has 0 bridgehead atoms. The quantitative estimate of drug-likeness (QED) is 0.647. The minimum Gasteiger partial charge on any atom is -0.503 e. The Hall–Kier alpha value is -1.53. The summed E-state index contributed by atoms with van der Waals surface area (Å²) in [5.74, 6) is -1.56. The molecule has 0 saturated heterocycles. The van der Waals surface area contributed by atoms with Gasteiger partial charge in [0.05, 0.1) is 0 Å². The molecular formula is C8H11ClN2O4. The first-order chi connectivity index (χ1) is 6.50. The van der Waals surface area contributed by atoms with Gasteiger partial charge in [-0.3, -0.25) is 9.59 Å². The van der Waals surface area contributed by atoms with E-state index in [1.54, 1.807) is 0 Å². The zero-order valence-corrected chi connectivity index (χ0v) is 8.48. The topological polar surface area (TPSA) is 106 Å². The van der Waals surface area contributed by atoms with Crippen molar-refractivity contribution in [2.75, 3.05) is 0 Å². The maximum Gasteiger partial charge on any atom is 0.322 e. The highest BCUT2D eigenvalue weighted by atomic mass is 35.5. The van der Waals surface area contributed by atoms with Crippen LogP contribution in [0.3, 0.4) is 0 Å². The van der Waals surface area contributed by atoms with Gasteiger partial charge in [0.15, 0.2) is 5.75 Å². The summed E-state index contributed by atoms with van der Waals surface area (Å²) in [5, 5.41) is 17.5. The van der Waals surface area contributed by atoms with Crippen molar-refractivity contribution in [3.63, 3.8) is 0 Å². The molecule has 0 aliphatic rings. The standard InChI is InChI=1S/C8H10N2O4.ClH/c9-5(8(13)14)3-10-2-1-6(11)7(12)4-10;/h1-2,4-5,12H,3,9H2,(H,13,14);1H. The Morgan fingerprint density at radius 3 is 2.67 bits per heavy atom. The molecule has 15 heavy (non-hydrogen) atoms. The summed E-state index contributed by atoms with van der Waals surface area (Å²) in [6.07, 6.45) is 2.51. The highest BCUT2D eigenvalue weighted by Gasteiger charge is 2.11. The molecule has 0 saturated carbocycles. The van der Waals surface area contributed by atoms with E-state index in [0.29, 0.717) is 0 Å². The lowest BCUT2D eigenvalue weighted by Crippen LogP contribution is -2.34. The van der Waals surface area contributed by atoms with Crippen molar-refractivity contribution in [3.05, 3.63) is 28.7 Å². The second kappa shape index (κ2) is 5.38. The number of aliphatic carboxylic acids is 1. The van der Waals surface area contributed by atoms with Gasteiger partial charge in [-0.1, -0.05) is 0 Å². The van der Waals surface area contributed by atoms with Gasteiger partial charge in [0, 0.05) is 25.0 Å². The number of rotatable bonds is 3. The van der Waals surface area contributed by atoms with Crippen LogP contribution in [-0.2, 0) is 11.3 Å². The van der Waals surface area contributed by atoms with E-state index in [-0.39, 0.29) is 19.0 Å². The van der Waals surface area contributed by atoms with Crippen LogP contribution in [0.25, 0.3) is 0 Å². The van der Waals surface area contributed by atoms with Crippen LogP contribution in [0.5, 0.6) is 5.75 Å². The number of hydrogen-bond donors (Lipinski definition) is 3. The van der Waals surface area contributed by atoms with Crippen LogP contribution in [0.2, 0.25) is 0 Å². The zero-order chi connectivity index (χ0) is 10.7. The number of aromatic hydroxyl groups is 1. The molecule has 1 aromatic heterocycles. The Morgan fingerprint density at radius 1 is 1.60 bits per heavy atom. The molecule has 0 aliphatic heterocycles. The normalized spacial score (nSPS) is 11.5. The van der Waals surface area contributed by atoms with Crippen LogP contribution < -0.4 is 11.2 Å². The molecule has 0 amide bonds. The van der Waals surface area contributed by atoms with Gasteiger partial charge >= 0.3 is 5.97 Å². The SMILES string of the molecule is Cl.NC(Cn1ccc(=O)c(O)c1)C(=O)O. The summed E-state index contributed by atoms with van der Waals surface area (Å²) in [6.45, 7) is 0.00315. The molecule has 84 valence electrons. The van der Waals surface area contributed by atoms with E-state index >= 15 is 0 Å². The molecule has 0 radical (unpaired) electrons. The van der Waals surface area contributed by atoms with Crippen LogP contribution >= 0.6 is 12.4 Å². The van der Waals surface area contributed by atoms with E-state index in [1.807, 2.05) is 0 Å². The number of halogens is 1. The average molecular weight is 235 g/mol. The highest BCUT2D eigenvalue weighted by molar-refractivity contribution is 5.85. The number of nitrogens with two attached hydrogens (primary N) is 1. The fraction of sp³-hybridized carbons (Fsp3) is 0.250. The third-order valence-corrected chi connectivity index (χ3v) is 1.68. The Kier molecular flexibility index (Phi) is 4.83. The second-order valence-corrected chi connectivity index (χ2v) is 2.84. The third-order valence-electron chi connectivity index (χ3n) is 1.68. The Balaban J connectivity index is 0.00000196. The van der Waals surface area contributed by atoms with Gasteiger partial charge in [0.1, 0.15) is 6.04 Å². The van der Waals surface area contributed by atoms with E-state index < -0.39 is 23.2 Å². The molecule has 1 unspecified atom stereocenters. The fourth-order valence-corrected chi connectivity index (χ4v) is 0.931. The smallest absolute Gasteiger partial charge is 0.322 e. The molecule has 4 N–H and O–H groups in total. The van der Waals surface area contributed by atoms with Crippen molar-refractivity contribution in [3.8, 4) is 5.75 Å². The molecule has 1 atom stereocenters. The average Bonchev–Trinajstić information content (AvgIpc) is 2.11. The Morgan fingerprint density at radius 2 is 2.20 bits per heavy atom. The van der Waals surface area contributed by atoms with Gasteiger partial charge in [0.2, 0.25) is 5.43 Å². The summed E-state index contributed by atoms with van der Waals surface area (Å²) in [7, 11) is 0.